The molecule has 116 valence electrons. The smallest absolute Gasteiger partial charge is 0.251 e. The molecule has 0 aliphatic rings. The van der Waals surface area contributed by atoms with Crippen LogP contribution in [0.3, 0.4) is 0 Å². The zero-order valence-electron chi connectivity index (χ0n) is 12.7. The highest BCUT2D eigenvalue weighted by molar-refractivity contribution is 7.19. The van der Waals surface area contributed by atoms with Gasteiger partial charge >= 0.3 is 0 Å². The van der Waals surface area contributed by atoms with Crippen molar-refractivity contribution in [3.8, 4) is 0 Å². The molecule has 0 aliphatic carbocycles. The Morgan fingerprint density at radius 1 is 1.24 bits per heavy atom. The van der Waals surface area contributed by atoms with Gasteiger partial charge in [0.15, 0.2) is 0 Å². The van der Waals surface area contributed by atoms with Gasteiger partial charge in [-0.05, 0) is 24.1 Å². The van der Waals surface area contributed by atoms with Gasteiger partial charge in [0.1, 0.15) is 0 Å². The van der Waals surface area contributed by atoms with E-state index in [1.807, 2.05) is 12.1 Å². The highest BCUT2D eigenvalue weighted by Gasteiger charge is 2.15. The number of nitrogens with zero attached hydrogens (tertiary/aromatic N) is 1. The molecule has 2 aromatic rings. The Labute approximate surface area is 128 Å². The Morgan fingerprint density at radius 2 is 1.95 bits per heavy atom. The van der Waals surface area contributed by atoms with Crippen molar-refractivity contribution in [3.63, 3.8) is 0 Å². The van der Waals surface area contributed by atoms with Crippen molar-refractivity contribution in [2.24, 2.45) is 0 Å². The molecule has 0 unspecified atom stereocenters. The molecule has 0 bridgehead atoms. The van der Waals surface area contributed by atoms with Crippen LogP contribution in [0, 0.1) is 0 Å². The first-order valence-corrected chi connectivity index (χ1v) is 7.98. The normalized spacial score (nSPS) is 12.2. The van der Waals surface area contributed by atoms with E-state index in [1.165, 1.54) is 20.5 Å². The Kier molecular flexibility index (Phi) is 5.67. The molecule has 0 saturated carbocycles. The molecule has 1 N–H and O–H groups in total. The maximum Gasteiger partial charge on any atom is 0.251 e. The van der Waals surface area contributed by atoms with E-state index in [0.29, 0.717) is 12.6 Å². The summed E-state index contributed by atoms with van der Waals surface area (Å²) in [5, 5.41) is 4.61. The summed E-state index contributed by atoms with van der Waals surface area (Å²) in [7, 11) is 1.75. The molecule has 1 aromatic heterocycles. The van der Waals surface area contributed by atoms with Crippen molar-refractivity contribution in [1.29, 1.82) is 0 Å². The predicted octanol–water partition coefficient (Wildman–Crippen LogP) is 4.10. The second-order valence-electron chi connectivity index (χ2n) is 5.62. The van der Waals surface area contributed by atoms with E-state index >= 15 is 0 Å². The second kappa shape index (κ2) is 7.29. The van der Waals surface area contributed by atoms with Crippen LogP contribution in [-0.4, -0.2) is 31.0 Å². The largest absolute Gasteiger partial charge is 0.310 e. The second-order valence-corrected chi connectivity index (χ2v) is 6.76. The minimum atomic E-state index is -2.29. The van der Waals surface area contributed by atoms with E-state index in [0.717, 1.165) is 6.54 Å². The van der Waals surface area contributed by atoms with Gasteiger partial charge in [0.2, 0.25) is 0 Å². The third kappa shape index (κ3) is 4.46. The van der Waals surface area contributed by atoms with Gasteiger partial charge < -0.3 is 5.32 Å². The lowest BCUT2D eigenvalue weighted by Crippen LogP contribution is -2.26. The molecule has 1 aromatic carbocycles. The lowest BCUT2D eigenvalue weighted by atomic mass is 10.1. The summed E-state index contributed by atoms with van der Waals surface area (Å²) in [4.78, 5) is 2.93. The van der Waals surface area contributed by atoms with Gasteiger partial charge in [-0.1, -0.05) is 32.0 Å². The van der Waals surface area contributed by atoms with Crippen molar-refractivity contribution in [2.45, 2.75) is 39.4 Å². The number of halogens is 2. The lowest BCUT2D eigenvalue weighted by Gasteiger charge is -2.17. The van der Waals surface area contributed by atoms with Crippen LogP contribution in [0.4, 0.5) is 8.78 Å². The van der Waals surface area contributed by atoms with Gasteiger partial charge in [-0.2, -0.15) is 0 Å². The highest BCUT2D eigenvalue weighted by atomic mass is 32.1. The summed E-state index contributed by atoms with van der Waals surface area (Å²) < 4.78 is 26.3. The molecule has 0 atom stereocenters. The van der Waals surface area contributed by atoms with E-state index < -0.39 is 6.43 Å². The van der Waals surface area contributed by atoms with Crippen LogP contribution >= 0.6 is 11.3 Å². The number of fused-ring (bicyclic) bond motifs is 1. The van der Waals surface area contributed by atoms with Crippen molar-refractivity contribution in [1.82, 2.24) is 10.2 Å². The van der Waals surface area contributed by atoms with Gasteiger partial charge in [-0.15, -0.1) is 11.3 Å². The summed E-state index contributed by atoms with van der Waals surface area (Å²) in [6, 6.07) is 8.60. The predicted molar refractivity (Wildman–Crippen MR) is 86.1 cm³/mol. The van der Waals surface area contributed by atoms with Crippen LogP contribution in [0.25, 0.3) is 10.1 Å². The first-order valence-electron chi connectivity index (χ1n) is 7.16. The summed E-state index contributed by atoms with van der Waals surface area (Å²) in [6.07, 6.45) is -2.29. The molecule has 5 heteroatoms. The van der Waals surface area contributed by atoms with Crippen LogP contribution in [0.2, 0.25) is 0 Å². The average molecular weight is 312 g/mol. The fourth-order valence-corrected chi connectivity index (χ4v) is 3.50. The molecule has 2 rings (SSSR count). The van der Waals surface area contributed by atoms with Gasteiger partial charge in [0.05, 0.1) is 6.54 Å². The summed E-state index contributed by atoms with van der Waals surface area (Å²) in [5.41, 5.74) is 1.17. The van der Waals surface area contributed by atoms with Crippen molar-refractivity contribution in [2.75, 3.05) is 13.6 Å². The molecule has 21 heavy (non-hydrogen) atoms. The van der Waals surface area contributed by atoms with Gasteiger partial charge in [-0.3, -0.25) is 4.90 Å². The topological polar surface area (TPSA) is 15.3 Å². The van der Waals surface area contributed by atoms with Crippen molar-refractivity contribution < 1.29 is 8.78 Å². The third-order valence-corrected chi connectivity index (χ3v) is 4.54. The zero-order chi connectivity index (χ0) is 15.4. The number of nitrogens with one attached hydrogen (secondary N) is 1. The van der Waals surface area contributed by atoms with E-state index in [1.54, 1.807) is 23.3 Å². The van der Waals surface area contributed by atoms with E-state index in [9.17, 15) is 8.78 Å². The lowest BCUT2D eigenvalue weighted by molar-refractivity contribution is 0.0976. The molecule has 1 heterocycles. The Bertz CT molecular complexity index is 581. The quantitative estimate of drug-likeness (QED) is 0.828. The fraction of sp³-hybridized carbons (Fsp3) is 0.500. The fourth-order valence-electron chi connectivity index (χ4n) is 2.33. The van der Waals surface area contributed by atoms with Gasteiger partial charge in [-0.25, -0.2) is 8.78 Å². The van der Waals surface area contributed by atoms with Crippen LogP contribution in [0.15, 0.2) is 24.3 Å². The minimum absolute atomic E-state index is 0.193. The summed E-state index contributed by atoms with van der Waals surface area (Å²) in [5.74, 6) is 0. The average Bonchev–Trinajstić information content (AvgIpc) is 2.74. The van der Waals surface area contributed by atoms with Crippen LogP contribution in [0.1, 0.15) is 24.3 Å². The van der Waals surface area contributed by atoms with Gasteiger partial charge in [0, 0.05) is 28.7 Å². The van der Waals surface area contributed by atoms with E-state index in [-0.39, 0.29) is 6.54 Å². The van der Waals surface area contributed by atoms with E-state index in [4.69, 9.17) is 0 Å². The summed E-state index contributed by atoms with van der Waals surface area (Å²) in [6.45, 7) is 5.37. The molecule has 0 fully saturated rings. The molecule has 0 saturated heterocycles. The van der Waals surface area contributed by atoms with Crippen molar-refractivity contribution >= 4 is 21.4 Å². The number of alkyl halides is 2. The molecule has 0 aliphatic heterocycles. The number of benzene rings is 1. The number of thiophene rings is 1. The monoisotopic (exact) mass is 312 g/mol. The minimum Gasteiger partial charge on any atom is -0.310 e. The first-order chi connectivity index (χ1) is 9.97. The molecular formula is C16H22F2N2S. The maximum absolute atomic E-state index is 12.5. The van der Waals surface area contributed by atoms with Crippen molar-refractivity contribution in [3.05, 3.63) is 34.7 Å². The maximum atomic E-state index is 12.5. The molecule has 0 spiro atoms. The van der Waals surface area contributed by atoms with Crippen LogP contribution < -0.4 is 5.32 Å². The van der Waals surface area contributed by atoms with Crippen LogP contribution in [0.5, 0.6) is 0 Å². The highest BCUT2D eigenvalue weighted by Crippen LogP contribution is 2.32. The SMILES string of the molecule is CC(C)NCc1sc2ccccc2c1CN(C)CC(F)F. The first kappa shape index (κ1) is 16.3. The standard InChI is InChI=1S/C16H22F2N2S/c1-11(2)19-8-15-13(9-20(3)10-16(17)18)12-6-4-5-7-14(12)21-15/h4-7,11,16,19H,8-10H2,1-3H3. The Balaban J connectivity index is 2.26. The van der Waals surface area contributed by atoms with E-state index in [2.05, 4.69) is 31.3 Å². The van der Waals surface area contributed by atoms with Gasteiger partial charge in [0.25, 0.3) is 6.43 Å². The van der Waals surface area contributed by atoms with Crippen LogP contribution in [-0.2, 0) is 13.1 Å². The molecule has 0 radical (unpaired) electrons. The zero-order valence-corrected chi connectivity index (χ0v) is 13.5. The number of hydrogen-bond donors (Lipinski definition) is 1. The third-order valence-electron chi connectivity index (χ3n) is 3.33. The molecule has 0 amide bonds. The Hall–Kier alpha value is -1.04. The summed E-state index contributed by atoms with van der Waals surface area (Å²) >= 11 is 1.75. The number of rotatable bonds is 7. The molecular weight excluding hydrogens is 290 g/mol. The number of hydrogen-bond acceptors (Lipinski definition) is 3. The Morgan fingerprint density at radius 3 is 2.62 bits per heavy atom. The molecule has 2 nitrogen and oxygen atoms in total.